The molecule has 0 aliphatic carbocycles. The van der Waals surface area contributed by atoms with Gasteiger partial charge in [0, 0.05) is 6.54 Å². The van der Waals surface area contributed by atoms with Crippen LogP contribution in [0, 0.1) is 6.92 Å². The van der Waals surface area contributed by atoms with E-state index in [0.29, 0.717) is 24.1 Å². The van der Waals surface area contributed by atoms with Crippen LogP contribution in [-0.4, -0.2) is 35.2 Å². The first-order chi connectivity index (χ1) is 10.1. The third-order valence-corrected chi connectivity index (χ3v) is 3.72. The highest BCUT2D eigenvalue weighted by atomic mass is 16.2. The highest BCUT2D eigenvalue weighted by Crippen LogP contribution is 2.29. The lowest BCUT2D eigenvalue weighted by atomic mass is 10.0. The van der Waals surface area contributed by atoms with E-state index in [1.807, 2.05) is 13.8 Å². The molecule has 21 heavy (non-hydrogen) atoms. The molecule has 1 aromatic carbocycles. The molecule has 0 saturated carbocycles. The van der Waals surface area contributed by atoms with Crippen LogP contribution in [0.25, 0.3) is 0 Å². The Bertz CT molecular complexity index is 595. The van der Waals surface area contributed by atoms with Crippen molar-refractivity contribution >= 4 is 17.7 Å². The molecule has 0 bridgehead atoms. The molecule has 2 heterocycles. The predicted molar refractivity (Wildman–Crippen MR) is 79.1 cm³/mol. The van der Waals surface area contributed by atoms with Gasteiger partial charge in [-0.05, 0) is 31.4 Å². The minimum absolute atomic E-state index is 0.238. The standard InChI is InChI=1S/C14H14N2O3.C2H6/c1-8-4-2-5-9-11(8)14(19)16(13(9)18)10-6-3-7-15-12(10)17;1-2/h2,4-5,10H,3,6-7H2,1H3,(H,15,17);1-2H3. The molecule has 0 spiro atoms. The fourth-order valence-electron chi connectivity index (χ4n) is 2.76. The number of fused-ring (bicyclic) bond motifs is 1. The Balaban J connectivity index is 0.000000774. The number of hydrogen-bond donors (Lipinski definition) is 1. The van der Waals surface area contributed by atoms with Crippen molar-refractivity contribution in [3.05, 3.63) is 34.9 Å². The van der Waals surface area contributed by atoms with Crippen LogP contribution >= 0.6 is 0 Å². The van der Waals surface area contributed by atoms with Gasteiger partial charge in [0.1, 0.15) is 6.04 Å². The fraction of sp³-hybridized carbons (Fsp3) is 0.438. The number of nitrogens with zero attached hydrogens (tertiary/aromatic N) is 1. The second kappa shape index (κ2) is 6.08. The molecule has 3 rings (SSSR count). The molecule has 1 N–H and O–H groups in total. The van der Waals surface area contributed by atoms with Crippen LogP contribution in [0.2, 0.25) is 0 Å². The van der Waals surface area contributed by atoms with Crippen molar-refractivity contribution < 1.29 is 14.4 Å². The molecule has 1 unspecified atom stereocenters. The molecule has 2 aliphatic rings. The first kappa shape index (κ1) is 15.2. The largest absolute Gasteiger partial charge is 0.354 e. The molecule has 1 fully saturated rings. The lowest BCUT2D eigenvalue weighted by Crippen LogP contribution is -2.52. The van der Waals surface area contributed by atoms with E-state index >= 15 is 0 Å². The number of aryl methyl sites for hydroxylation is 1. The molecule has 2 aliphatic heterocycles. The van der Waals surface area contributed by atoms with E-state index in [4.69, 9.17) is 0 Å². The number of piperidine rings is 1. The van der Waals surface area contributed by atoms with Crippen LogP contribution in [0.4, 0.5) is 0 Å². The van der Waals surface area contributed by atoms with Crippen molar-refractivity contribution in [1.82, 2.24) is 10.2 Å². The third-order valence-electron chi connectivity index (χ3n) is 3.72. The predicted octanol–water partition coefficient (Wildman–Crippen LogP) is 1.90. The monoisotopic (exact) mass is 288 g/mol. The second-order valence-electron chi connectivity index (χ2n) is 4.93. The molecule has 3 amide bonds. The summed E-state index contributed by atoms with van der Waals surface area (Å²) in [6.45, 7) is 6.41. The molecule has 1 aromatic rings. The number of carbonyl (C=O) groups is 3. The maximum atomic E-state index is 12.4. The number of nitrogens with one attached hydrogen (secondary N) is 1. The first-order valence-electron chi connectivity index (χ1n) is 7.36. The van der Waals surface area contributed by atoms with E-state index in [-0.39, 0.29) is 17.7 Å². The Kier molecular flexibility index (Phi) is 4.40. The van der Waals surface area contributed by atoms with Gasteiger partial charge in [-0.3, -0.25) is 19.3 Å². The average molecular weight is 288 g/mol. The zero-order valence-electron chi connectivity index (χ0n) is 12.6. The van der Waals surface area contributed by atoms with E-state index < -0.39 is 6.04 Å². The average Bonchev–Trinajstić information content (AvgIpc) is 2.75. The van der Waals surface area contributed by atoms with Crippen molar-refractivity contribution in [2.45, 2.75) is 39.7 Å². The number of rotatable bonds is 1. The van der Waals surface area contributed by atoms with E-state index in [9.17, 15) is 14.4 Å². The normalized spacial score (nSPS) is 20.6. The number of hydrogen-bond acceptors (Lipinski definition) is 3. The lowest BCUT2D eigenvalue weighted by Gasteiger charge is -2.28. The zero-order chi connectivity index (χ0) is 15.6. The highest BCUT2D eigenvalue weighted by Gasteiger charge is 2.43. The smallest absolute Gasteiger partial charge is 0.262 e. The summed E-state index contributed by atoms with van der Waals surface area (Å²) in [5, 5.41) is 2.71. The van der Waals surface area contributed by atoms with Crippen LogP contribution in [0.1, 0.15) is 53.0 Å². The van der Waals surface area contributed by atoms with E-state index in [0.717, 1.165) is 16.9 Å². The topological polar surface area (TPSA) is 66.5 Å². The SMILES string of the molecule is CC.Cc1cccc2c1C(=O)N(C1CCCNC1=O)C2=O. The van der Waals surface area contributed by atoms with E-state index in [2.05, 4.69) is 5.32 Å². The molecule has 0 aromatic heterocycles. The maximum absolute atomic E-state index is 12.4. The lowest BCUT2D eigenvalue weighted by molar-refractivity contribution is -0.126. The van der Waals surface area contributed by atoms with E-state index in [1.165, 1.54) is 0 Å². The minimum atomic E-state index is -0.666. The van der Waals surface area contributed by atoms with Crippen LogP contribution < -0.4 is 5.32 Å². The minimum Gasteiger partial charge on any atom is -0.354 e. The Labute approximate surface area is 124 Å². The van der Waals surface area contributed by atoms with Gasteiger partial charge in [0.2, 0.25) is 5.91 Å². The zero-order valence-corrected chi connectivity index (χ0v) is 12.6. The van der Waals surface area contributed by atoms with Gasteiger partial charge in [-0.15, -0.1) is 0 Å². The number of amides is 3. The summed E-state index contributed by atoms with van der Waals surface area (Å²) in [6, 6.07) is 4.53. The van der Waals surface area contributed by atoms with Crippen molar-refractivity contribution in [3.63, 3.8) is 0 Å². The quantitative estimate of drug-likeness (QED) is 0.803. The maximum Gasteiger partial charge on any atom is 0.262 e. The van der Waals surface area contributed by atoms with Crippen LogP contribution in [-0.2, 0) is 4.79 Å². The summed E-state index contributed by atoms with van der Waals surface area (Å²) < 4.78 is 0. The van der Waals surface area contributed by atoms with Gasteiger partial charge in [-0.1, -0.05) is 26.0 Å². The van der Waals surface area contributed by atoms with Gasteiger partial charge >= 0.3 is 0 Å². The van der Waals surface area contributed by atoms with Crippen LogP contribution in [0.5, 0.6) is 0 Å². The molecule has 1 saturated heterocycles. The van der Waals surface area contributed by atoms with Crippen molar-refractivity contribution in [1.29, 1.82) is 0 Å². The van der Waals surface area contributed by atoms with Crippen molar-refractivity contribution in [2.24, 2.45) is 0 Å². The molecule has 5 heteroatoms. The number of imide groups is 1. The number of benzene rings is 1. The Hall–Kier alpha value is -2.17. The fourth-order valence-corrected chi connectivity index (χ4v) is 2.76. The molecular formula is C16H20N2O3. The van der Waals surface area contributed by atoms with Gasteiger partial charge in [0.25, 0.3) is 11.8 Å². The summed E-state index contributed by atoms with van der Waals surface area (Å²) in [7, 11) is 0. The second-order valence-corrected chi connectivity index (χ2v) is 4.93. The van der Waals surface area contributed by atoms with Gasteiger partial charge in [0.05, 0.1) is 11.1 Å². The third kappa shape index (κ3) is 2.44. The Morgan fingerprint density at radius 3 is 2.48 bits per heavy atom. The highest BCUT2D eigenvalue weighted by molar-refractivity contribution is 6.23. The summed E-state index contributed by atoms with van der Waals surface area (Å²) in [5.41, 5.74) is 1.61. The summed E-state index contributed by atoms with van der Waals surface area (Å²) >= 11 is 0. The molecule has 112 valence electrons. The van der Waals surface area contributed by atoms with E-state index in [1.54, 1.807) is 25.1 Å². The van der Waals surface area contributed by atoms with Gasteiger partial charge in [0.15, 0.2) is 0 Å². The van der Waals surface area contributed by atoms with Crippen molar-refractivity contribution in [3.8, 4) is 0 Å². The van der Waals surface area contributed by atoms with Crippen LogP contribution in [0.3, 0.4) is 0 Å². The Morgan fingerprint density at radius 1 is 1.14 bits per heavy atom. The number of carbonyl (C=O) groups excluding carboxylic acids is 3. The molecule has 0 radical (unpaired) electrons. The molecular weight excluding hydrogens is 268 g/mol. The van der Waals surface area contributed by atoms with Crippen LogP contribution in [0.15, 0.2) is 18.2 Å². The van der Waals surface area contributed by atoms with Gasteiger partial charge in [-0.25, -0.2) is 0 Å². The Morgan fingerprint density at radius 2 is 1.86 bits per heavy atom. The summed E-state index contributed by atoms with van der Waals surface area (Å²) in [6.07, 6.45) is 1.32. The summed E-state index contributed by atoms with van der Waals surface area (Å²) in [4.78, 5) is 37.7. The molecule has 5 nitrogen and oxygen atoms in total. The summed E-state index contributed by atoms with van der Waals surface area (Å²) in [5.74, 6) is -0.940. The van der Waals surface area contributed by atoms with Gasteiger partial charge in [-0.2, -0.15) is 0 Å². The van der Waals surface area contributed by atoms with Gasteiger partial charge < -0.3 is 5.32 Å². The van der Waals surface area contributed by atoms with Crippen molar-refractivity contribution in [2.75, 3.05) is 6.54 Å². The first-order valence-corrected chi connectivity index (χ1v) is 7.36. The molecule has 1 atom stereocenters.